The van der Waals surface area contributed by atoms with Crippen molar-refractivity contribution in [2.75, 3.05) is 18.9 Å². The van der Waals surface area contributed by atoms with E-state index in [1.165, 1.54) is 0 Å². The highest BCUT2D eigenvalue weighted by Gasteiger charge is 2.33. The van der Waals surface area contributed by atoms with Gasteiger partial charge in [0.25, 0.3) is 6.01 Å². The van der Waals surface area contributed by atoms with Crippen LogP contribution in [0.15, 0.2) is 10.6 Å². The number of hydrogen-bond donors (Lipinski definition) is 1. The first-order valence-corrected chi connectivity index (χ1v) is 4.50. The summed E-state index contributed by atoms with van der Waals surface area (Å²) < 4.78 is 10.7. The maximum Gasteiger partial charge on any atom is 0.292 e. The first kappa shape index (κ1) is 8.56. The Hall–Kier alpha value is -1.03. The summed E-state index contributed by atoms with van der Waals surface area (Å²) in [5, 5.41) is 0. The van der Waals surface area contributed by atoms with Crippen molar-refractivity contribution in [2.45, 2.75) is 25.2 Å². The van der Waals surface area contributed by atoms with Gasteiger partial charge < -0.3 is 14.9 Å². The number of nitrogens with zero attached hydrogens (tertiary/aromatic N) is 1. The number of anilines is 1. The number of oxazole rings is 1. The maximum absolute atomic E-state index is 5.43. The Morgan fingerprint density at radius 1 is 1.62 bits per heavy atom. The van der Waals surface area contributed by atoms with Crippen LogP contribution in [0.5, 0.6) is 0 Å². The van der Waals surface area contributed by atoms with E-state index in [1.54, 1.807) is 6.20 Å². The minimum Gasteiger partial charge on any atom is -0.428 e. The van der Waals surface area contributed by atoms with Crippen LogP contribution in [0.3, 0.4) is 0 Å². The van der Waals surface area contributed by atoms with E-state index in [-0.39, 0.29) is 11.4 Å². The predicted molar refractivity (Wildman–Crippen MR) is 48.3 cm³/mol. The lowest BCUT2D eigenvalue weighted by Gasteiger charge is -2.30. The summed E-state index contributed by atoms with van der Waals surface area (Å²) in [5.41, 5.74) is 5.39. The molecule has 0 aromatic carbocycles. The van der Waals surface area contributed by atoms with Gasteiger partial charge in [0.1, 0.15) is 5.76 Å². The maximum atomic E-state index is 5.43. The lowest BCUT2D eigenvalue weighted by Crippen LogP contribution is -2.32. The minimum atomic E-state index is -0.0388. The predicted octanol–water partition coefficient (Wildman–Crippen LogP) is 1.32. The van der Waals surface area contributed by atoms with Crippen molar-refractivity contribution < 1.29 is 9.15 Å². The fourth-order valence-corrected chi connectivity index (χ4v) is 1.69. The van der Waals surface area contributed by atoms with Crippen LogP contribution >= 0.6 is 0 Å². The molecule has 72 valence electrons. The molecule has 2 heterocycles. The number of nitrogen functional groups attached to an aromatic ring is 1. The lowest BCUT2D eigenvalue weighted by molar-refractivity contribution is 0.0333. The zero-order valence-corrected chi connectivity index (χ0v) is 7.75. The lowest BCUT2D eigenvalue weighted by atomic mass is 9.83. The molecule has 2 N–H and O–H groups in total. The highest BCUT2D eigenvalue weighted by molar-refractivity contribution is 5.18. The molecule has 0 aliphatic carbocycles. The largest absolute Gasteiger partial charge is 0.428 e. The number of hydrogen-bond acceptors (Lipinski definition) is 4. The summed E-state index contributed by atoms with van der Waals surface area (Å²) in [6.45, 7) is 3.66. The number of aromatic nitrogens is 1. The van der Waals surface area contributed by atoms with E-state index in [0.29, 0.717) is 6.61 Å². The molecule has 1 aromatic heterocycles. The van der Waals surface area contributed by atoms with Gasteiger partial charge in [0, 0.05) is 6.61 Å². The third-order valence-corrected chi connectivity index (χ3v) is 2.56. The number of ether oxygens (including phenoxy) is 1. The van der Waals surface area contributed by atoms with Gasteiger partial charge in [-0.1, -0.05) is 6.92 Å². The number of rotatable bonds is 1. The summed E-state index contributed by atoms with van der Waals surface area (Å²) in [5.74, 6) is 0.838. The fourth-order valence-electron chi connectivity index (χ4n) is 1.69. The highest BCUT2D eigenvalue weighted by Crippen LogP contribution is 2.33. The molecule has 4 heteroatoms. The van der Waals surface area contributed by atoms with E-state index in [4.69, 9.17) is 14.9 Å². The van der Waals surface area contributed by atoms with Crippen LogP contribution in [-0.2, 0) is 10.2 Å². The average molecular weight is 182 g/mol. The number of nitrogens with two attached hydrogens (primary N) is 1. The molecule has 0 bridgehead atoms. The topological polar surface area (TPSA) is 61.3 Å². The van der Waals surface area contributed by atoms with E-state index in [1.807, 2.05) is 0 Å². The monoisotopic (exact) mass is 182 g/mol. The quantitative estimate of drug-likeness (QED) is 0.711. The van der Waals surface area contributed by atoms with Crippen LogP contribution in [0.1, 0.15) is 25.5 Å². The summed E-state index contributed by atoms with van der Waals surface area (Å²) in [7, 11) is 0. The van der Waals surface area contributed by atoms with E-state index in [2.05, 4.69) is 11.9 Å². The van der Waals surface area contributed by atoms with Crippen LogP contribution in [0, 0.1) is 0 Å². The fraction of sp³-hybridized carbons (Fsp3) is 0.667. The Morgan fingerprint density at radius 3 is 3.00 bits per heavy atom. The summed E-state index contributed by atoms with van der Waals surface area (Å²) in [4.78, 5) is 3.89. The van der Waals surface area contributed by atoms with Crippen molar-refractivity contribution in [3.8, 4) is 0 Å². The molecule has 1 aliphatic heterocycles. The van der Waals surface area contributed by atoms with Gasteiger partial charge >= 0.3 is 0 Å². The third-order valence-electron chi connectivity index (χ3n) is 2.56. The van der Waals surface area contributed by atoms with Gasteiger partial charge in [0.15, 0.2) is 0 Å². The SMILES string of the molecule is CC1(c2cnc(N)o2)CCCOC1. The Labute approximate surface area is 77.1 Å². The molecule has 0 amide bonds. The molecule has 4 nitrogen and oxygen atoms in total. The van der Waals surface area contributed by atoms with Crippen LogP contribution in [0.4, 0.5) is 6.01 Å². The van der Waals surface area contributed by atoms with Crippen molar-refractivity contribution >= 4 is 6.01 Å². The second-order valence-electron chi connectivity index (χ2n) is 3.78. The first-order valence-electron chi connectivity index (χ1n) is 4.50. The van der Waals surface area contributed by atoms with Gasteiger partial charge in [-0.3, -0.25) is 0 Å². The summed E-state index contributed by atoms with van der Waals surface area (Å²) >= 11 is 0. The van der Waals surface area contributed by atoms with Crippen molar-refractivity contribution in [3.63, 3.8) is 0 Å². The zero-order chi connectivity index (χ0) is 9.31. The van der Waals surface area contributed by atoms with Gasteiger partial charge in [-0.05, 0) is 12.8 Å². The minimum absolute atomic E-state index is 0.0388. The molecule has 1 saturated heterocycles. The van der Waals surface area contributed by atoms with E-state index < -0.39 is 0 Å². The molecule has 1 aromatic rings. The van der Waals surface area contributed by atoms with Gasteiger partial charge in [0.2, 0.25) is 0 Å². The third kappa shape index (κ3) is 1.54. The Morgan fingerprint density at radius 2 is 2.46 bits per heavy atom. The molecule has 0 saturated carbocycles. The van der Waals surface area contributed by atoms with E-state index in [0.717, 1.165) is 25.2 Å². The van der Waals surface area contributed by atoms with Crippen molar-refractivity contribution in [3.05, 3.63) is 12.0 Å². The normalized spacial score (nSPS) is 29.0. The van der Waals surface area contributed by atoms with Crippen LogP contribution in [-0.4, -0.2) is 18.2 Å². The molecule has 13 heavy (non-hydrogen) atoms. The molecular formula is C9H14N2O2. The van der Waals surface area contributed by atoms with Crippen LogP contribution < -0.4 is 5.73 Å². The molecule has 1 aliphatic rings. The smallest absolute Gasteiger partial charge is 0.292 e. The van der Waals surface area contributed by atoms with Crippen molar-refractivity contribution in [2.24, 2.45) is 0 Å². The molecular weight excluding hydrogens is 168 g/mol. The Bertz CT molecular complexity index is 290. The molecule has 0 spiro atoms. The second-order valence-corrected chi connectivity index (χ2v) is 3.78. The van der Waals surface area contributed by atoms with Crippen molar-refractivity contribution in [1.82, 2.24) is 4.98 Å². The standard InChI is InChI=1S/C9H14N2O2/c1-9(3-2-4-12-6-9)7-5-11-8(10)13-7/h5H,2-4,6H2,1H3,(H2,10,11). The molecule has 1 atom stereocenters. The Kier molecular flexibility index (Phi) is 2.00. The van der Waals surface area contributed by atoms with E-state index >= 15 is 0 Å². The van der Waals surface area contributed by atoms with Gasteiger partial charge in [0.05, 0.1) is 18.2 Å². The summed E-state index contributed by atoms with van der Waals surface area (Å²) in [6, 6.07) is 0.238. The average Bonchev–Trinajstić information content (AvgIpc) is 2.54. The van der Waals surface area contributed by atoms with Gasteiger partial charge in [-0.25, -0.2) is 4.98 Å². The zero-order valence-electron chi connectivity index (χ0n) is 7.75. The molecule has 2 rings (SSSR count). The Balaban J connectivity index is 2.22. The molecule has 1 fully saturated rings. The summed E-state index contributed by atoms with van der Waals surface area (Å²) in [6.07, 6.45) is 3.84. The first-order chi connectivity index (χ1) is 6.21. The molecule has 0 radical (unpaired) electrons. The second kappa shape index (κ2) is 3.03. The van der Waals surface area contributed by atoms with Crippen molar-refractivity contribution in [1.29, 1.82) is 0 Å². The van der Waals surface area contributed by atoms with Gasteiger partial charge in [-0.2, -0.15) is 0 Å². The van der Waals surface area contributed by atoms with E-state index in [9.17, 15) is 0 Å². The van der Waals surface area contributed by atoms with Gasteiger partial charge in [-0.15, -0.1) is 0 Å². The van der Waals surface area contributed by atoms with Crippen LogP contribution in [0.25, 0.3) is 0 Å². The van der Waals surface area contributed by atoms with Crippen LogP contribution in [0.2, 0.25) is 0 Å². The molecule has 1 unspecified atom stereocenters. The highest BCUT2D eigenvalue weighted by atomic mass is 16.5.